The minimum atomic E-state index is -0.233. The van der Waals surface area contributed by atoms with Crippen molar-refractivity contribution in [3.05, 3.63) is 29.8 Å². The Hall–Kier alpha value is -2.50. The summed E-state index contributed by atoms with van der Waals surface area (Å²) in [5.74, 6) is 1.12. The highest BCUT2D eigenvalue weighted by molar-refractivity contribution is 5.92. The van der Waals surface area contributed by atoms with E-state index in [0.717, 1.165) is 17.7 Å². The Bertz CT molecular complexity index is 584. The maximum Gasteiger partial charge on any atom is 0.244 e. The second-order valence-corrected chi connectivity index (χ2v) is 5.13. The molecule has 0 fully saturated rings. The Labute approximate surface area is 135 Å². The van der Waals surface area contributed by atoms with Crippen LogP contribution >= 0.6 is 0 Å². The first-order chi connectivity index (χ1) is 11.2. The van der Waals surface area contributed by atoms with Crippen molar-refractivity contribution < 1.29 is 19.1 Å². The van der Waals surface area contributed by atoms with Gasteiger partial charge in [-0.25, -0.2) is 0 Å². The number of nitrogens with one attached hydrogen (secondary N) is 2. The fourth-order valence-corrected chi connectivity index (χ4v) is 2.05. The smallest absolute Gasteiger partial charge is 0.244 e. The summed E-state index contributed by atoms with van der Waals surface area (Å²) in [4.78, 5) is 23.1. The molecule has 0 saturated heterocycles. The van der Waals surface area contributed by atoms with Crippen LogP contribution in [0.1, 0.15) is 25.3 Å². The molecule has 0 saturated carbocycles. The number of carbonyl (C=O) groups is 2. The number of amides is 2. The topological polar surface area (TPSA) is 76.7 Å². The molecule has 1 heterocycles. The Morgan fingerprint density at radius 1 is 1.13 bits per heavy atom. The van der Waals surface area contributed by atoms with Crippen LogP contribution in [0.5, 0.6) is 11.5 Å². The molecule has 0 spiro atoms. The molecule has 124 valence electrons. The molecule has 1 aliphatic heterocycles. The highest BCUT2D eigenvalue weighted by atomic mass is 16.6. The van der Waals surface area contributed by atoms with E-state index in [2.05, 4.69) is 10.6 Å². The van der Waals surface area contributed by atoms with Crippen molar-refractivity contribution in [2.45, 2.75) is 19.8 Å². The van der Waals surface area contributed by atoms with Gasteiger partial charge in [0.05, 0.1) is 0 Å². The van der Waals surface area contributed by atoms with Crippen LogP contribution in [-0.4, -0.2) is 38.1 Å². The van der Waals surface area contributed by atoms with Gasteiger partial charge < -0.3 is 20.1 Å². The lowest BCUT2D eigenvalue weighted by Crippen LogP contribution is -2.30. The van der Waals surface area contributed by atoms with Gasteiger partial charge in [0, 0.05) is 25.6 Å². The van der Waals surface area contributed by atoms with Crippen molar-refractivity contribution in [1.82, 2.24) is 10.6 Å². The summed E-state index contributed by atoms with van der Waals surface area (Å²) in [6.07, 6.45) is 4.32. The van der Waals surface area contributed by atoms with Gasteiger partial charge in [0.25, 0.3) is 0 Å². The van der Waals surface area contributed by atoms with Crippen molar-refractivity contribution in [2.24, 2.45) is 0 Å². The van der Waals surface area contributed by atoms with E-state index in [0.29, 0.717) is 32.1 Å². The lowest BCUT2D eigenvalue weighted by molar-refractivity contribution is -0.121. The molecule has 0 radical (unpaired) electrons. The van der Waals surface area contributed by atoms with E-state index < -0.39 is 0 Å². The molecule has 6 nitrogen and oxygen atoms in total. The van der Waals surface area contributed by atoms with Gasteiger partial charge in [-0.3, -0.25) is 9.59 Å². The first kappa shape index (κ1) is 16.9. The van der Waals surface area contributed by atoms with Crippen LogP contribution in [0.25, 0.3) is 6.08 Å². The summed E-state index contributed by atoms with van der Waals surface area (Å²) in [6.45, 7) is 4.05. The molecule has 0 bridgehead atoms. The van der Waals surface area contributed by atoms with Gasteiger partial charge in [-0.1, -0.05) is 13.0 Å². The van der Waals surface area contributed by atoms with Crippen LogP contribution in [0.4, 0.5) is 0 Å². The Morgan fingerprint density at radius 2 is 1.91 bits per heavy atom. The van der Waals surface area contributed by atoms with Gasteiger partial charge in [-0.05, 0) is 30.2 Å². The van der Waals surface area contributed by atoms with E-state index in [9.17, 15) is 9.59 Å². The largest absolute Gasteiger partial charge is 0.486 e. The molecule has 6 heteroatoms. The number of benzene rings is 1. The van der Waals surface area contributed by atoms with Crippen molar-refractivity contribution >= 4 is 17.9 Å². The van der Waals surface area contributed by atoms with Crippen LogP contribution < -0.4 is 20.1 Å². The highest BCUT2D eigenvalue weighted by Crippen LogP contribution is 2.30. The maximum atomic E-state index is 11.7. The number of fused-ring (bicyclic) bond motifs is 1. The minimum absolute atomic E-state index is 0.0528. The number of rotatable bonds is 7. The lowest BCUT2D eigenvalue weighted by Gasteiger charge is -2.18. The molecule has 1 aromatic rings. The van der Waals surface area contributed by atoms with Gasteiger partial charge >= 0.3 is 0 Å². The Balaban J connectivity index is 1.76. The van der Waals surface area contributed by atoms with E-state index in [1.165, 1.54) is 6.08 Å². The van der Waals surface area contributed by atoms with Crippen LogP contribution in [0.2, 0.25) is 0 Å². The number of ether oxygens (including phenoxy) is 2. The van der Waals surface area contributed by atoms with Crippen molar-refractivity contribution in [1.29, 1.82) is 0 Å². The predicted octanol–water partition coefficient (Wildman–Crippen LogP) is 1.50. The molecule has 23 heavy (non-hydrogen) atoms. The molecule has 1 aliphatic rings. The summed E-state index contributed by atoms with van der Waals surface area (Å²) in [6, 6.07) is 5.51. The van der Waals surface area contributed by atoms with Gasteiger partial charge in [0.2, 0.25) is 11.8 Å². The SMILES string of the molecule is CCCNC(=O)CCNC(=O)/C=C/c1ccc2c(c1)OCCO2. The zero-order valence-corrected chi connectivity index (χ0v) is 13.3. The monoisotopic (exact) mass is 318 g/mol. The first-order valence-corrected chi connectivity index (χ1v) is 7.81. The molecule has 2 N–H and O–H groups in total. The van der Waals surface area contributed by atoms with Gasteiger partial charge in [0.15, 0.2) is 11.5 Å². The van der Waals surface area contributed by atoms with E-state index >= 15 is 0 Å². The fourth-order valence-electron chi connectivity index (χ4n) is 2.05. The summed E-state index contributed by atoms with van der Waals surface area (Å²) in [5.41, 5.74) is 0.852. The van der Waals surface area contributed by atoms with E-state index in [4.69, 9.17) is 9.47 Å². The summed E-state index contributed by atoms with van der Waals surface area (Å²) >= 11 is 0. The second-order valence-electron chi connectivity index (χ2n) is 5.13. The predicted molar refractivity (Wildman–Crippen MR) is 87.4 cm³/mol. The van der Waals surface area contributed by atoms with Gasteiger partial charge in [-0.15, -0.1) is 0 Å². The summed E-state index contributed by atoms with van der Waals surface area (Å²) in [5, 5.41) is 5.44. The molecule has 1 aromatic carbocycles. The number of hydrogen-bond donors (Lipinski definition) is 2. The van der Waals surface area contributed by atoms with Crippen molar-refractivity contribution in [3.8, 4) is 11.5 Å². The first-order valence-electron chi connectivity index (χ1n) is 7.81. The zero-order valence-electron chi connectivity index (χ0n) is 13.3. The Kier molecular flexibility index (Phi) is 6.47. The third-order valence-corrected chi connectivity index (χ3v) is 3.22. The third kappa shape index (κ3) is 5.65. The Morgan fingerprint density at radius 3 is 2.70 bits per heavy atom. The average Bonchev–Trinajstić information content (AvgIpc) is 2.58. The molecule has 0 unspecified atom stereocenters. The third-order valence-electron chi connectivity index (χ3n) is 3.22. The van der Waals surface area contributed by atoms with Crippen molar-refractivity contribution in [2.75, 3.05) is 26.3 Å². The maximum absolute atomic E-state index is 11.7. The van der Waals surface area contributed by atoms with Crippen LogP contribution in [0.15, 0.2) is 24.3 Å². The molecule has 0 aromatic heterocycles. The summed E-state index contributed by atoms with van der Waals surface area (Å²) in [7, 11) is 0. The molecular formula is C17H22N2O4. The van der Waals surface area contributed by atoms with Crippen LogP contribution in [0, 0.1) is 0 Å². The highest BCUT2D eigenvalue weighted by Gasteiger charge is 2.10. The standard InChI is InChI=1S/C17H22N2O4/c1-2-8-18-17(21)7-9-19-16(20)6-4-13-3-5-14-15(12-13)23-11-10-22-14/h3-6,12H,2,7-11H2,1H3,(H,18,21)(H,19,20)/b6-4+. The van der Waals surface area contributed by atoms with Crippen molar-refractivity contribution in [3.63, 3.8) is 0 Å². The van der Waals surface area contributed by atoms with E-state index in [1.54, 1.807) is 6.08 Å². The molecule has 0 aliphatic carbocycles. The molecule has 2 amide bonds. The van der Waals surface area contributed by atoms with E-state index in [-0.39, 0.29) is 18.2 Å². The fraction of sp³-hybridized carbons (Fsp3) is 0.412. The zero-order chi connectivity index (χ0) is 16.5. The number of carbonyl (C=O) groups excluding carboxylic acids is 2. The second kappa shape index (κ2) is 8.82. The number of hydrogen-bond acceptors (Lipinski definition) is 4. The van der Waals surface area contributed by atoms with Gasteiger partial charge in [-0.2, -0.15) is 0 Å². The molecular weight excluding hydrogens is 296 g/mol. The van der Waals surface area contributed by atoms with Gasteiger partial charge in [0.1, 0.15) is 13.2 Å². The average molecular weight is 318 g/mol. The normalized spacial score (nSPS) is 12.9. The molecule has 0 atom stereocenters. The minimum Gasteiger partial charge on any atom is -0.486 e. The lowest BCUT2D eigenvalue weighted by atomic mass is 10.2. The summed E-state index contributed by atoms with van der Waals surface area (Å²) < 4.78 is 10.9. The van der Waals surface area contributed by atoms with Crippen LogP contribution in [0.3, 0.4) is 0 Å². The van der Waals surface area contributed by atoms with Crippen LogP contribution in [-0.2, 0) is 9.59 Å². The van der Waals surface area contributed by atoms with E-state index in [1.807, 2.05) is 25.1 Å². The molecule has 2 rings (SSSR count). The quantitative estimate of drug-likeness (QED) is 0.747.